The van der Waals surface area contributed by atoms with Gasteiger partial charge in [-0.1, -0.05) is 35.9 Å². The molecular formula is C23H23ClN2O5S. The Balaban J connectivity index is 1.58. The first kappa shape index (κ1) is 22.2. The van der Waals surface area contributed by atoms with E-state index in [0.29, 0.717) is 22.9 Å². The maximum absolute atomic E-state index is 13.1. The summed E-state index contributed by atoms with van der Waals surface area (Å²) in [6.07, 6.45) is 3.25. The molecule has 0 radical (unpaired) electrons. The highest BCUT2D eigenvalue weighted by atomic mass is 35.5. The maximum atomic E-state index is 13.1. The molecule has 0 atom stereocenters. The highest BCUT2D eigenvalue weighted by Crippen LogP contribution is 2.40. The van der Waals surface area contributed by atoms with Gasteiger partial charge in [-0.2, -0.15) is 0 Å². The van der Waals surface area contributed by atoms with Crippen molar-refractivity contribution in [1.82, 2.24) is 4.98 Å². The molecule has 168 valence electrons. The van der Waals surface area contributed by atoms with Crippen molar-refractivity contribution < 1.29 is 22.6 Å². The number of aromatic nitrogens is 1. The summed E-state index contributed by atoms with van der Waals surface area (Å²) in [4.78, 5) is 4.40. The minimum Gasteiger partial charge on any atom is -0.490 e. The number of aryl methyl sites for hydroxylation is 1. The van der Waals surface area contributed by atoms with Crippen LogP contribution in [0.25, 0.3) is 0 Å². The molecule has 2 aromatic carbocycles. The number of hydrogen-bond acceptors (Lipinski definition) is 6. The number of ether oxygens (including phenoxy) is 3. The number of pyridine rings is 1. The molecule has 0 bridgehead atoms. The molecule has 9 heteroatoms. The third-order valence-corrected chi connectivity index (χ3v) is 6.87. The lowest BCUT2D eigenvalue weighted by molar-refractivity contribution is 0.203. The zero-order chi connectivity index (χ0) is 22.6. The van der Waals surface area contributed by atoms with Crippen molar-refractivity contribution >= 4 is 27.4 Å². The standard InChI is InChI=1S/C23H23ClN2O5S/c1-16-19(24)10-5-11-20(16)32(27,28)26-23-22(21-17(15-25-23)7-6-12-30-21)31-14-13-29-18-8-3-2-4-9-18/h2-5,8-11,15H,6-7,12-14H2,1H3,(H,25,26). The molecule has 3 aromatic rings. The average Bonchev–Trinajstić information content (AvgIpc) is 2.80. The summed E-state index contributed by atoms with van der Waals surface area (Å²) in [5.74, 6) is 1.54. The normalized spacial score (nSPS) is 13.1. The van der Waals surface area contributed by atoms with Gasteiger partial charge in [-0.15, -0.1) is 0 Å². The number of nitrogens with zero attached hydrogens (tertiary/aromatic N) is 1. The Morgan fingerprint density at radius 1 is 1.09 bits per heavy atom. The number of benzene rings is 2. The van der Waals surface area contributed by atoms with Crippen LogP contribution in [0.2, 0.25) is 5.02 Å². The average molecular weight is 475 g/mol. The number of anilines is 1. The van der Waals surface area contributed by atoms with Crippen molar-refractivity contribution in [3.05, 3.63) is 70.9 Å². The summed E-state index contributed by atoms with van der Waals surface area (Å²) in [5.41, 5.74) is 1.33. The fourth-order valence-corrected chi connectivity index (χ4v) is 4.89. The fourth-order valence-electron chi connectivity index (χ4n) is 3.37. The van der Waals surface area contributed by atoms with Crippen molar-refractivity contribution in [3.8, 4) is 17.2 Å². The van der Waals surface area contributed by atoms with Crippen LogP contribution in [0.1, 0.15) is 17.5 Å². The second kappa shape index (κ2) is 9.67. The van der Waals surface area contributed by atoms with Crippen LogP contribution in [0, 0.1) is 6.92 Å². The van der Waals surface area contributed by atoms with Crippen molar-refractivity contribution in [2.75, 3.05) is 24.5 Å². The van der Waals surface area contributed by atoms with E-state index in [1.54, 1.807) is 25.3 Å². The zero-order valence-corrected chi connectivity index (χ0v) is 19.1. The summed E-state index contributed by atoms with van der Waals surface area (Å²) in [7, 11) is -3.95. The first-order chi connectivity index (χ1) is 15.5. The van der Waals surface area contributed by atoms with E-state index in [0.717, 1.165) is 24.2 Å². The topological polar surface area (TPSA) is 86.8 Å². The lowest BCUT2D eigenvalue weighted by atomic mass is 10.1. The lowest BCUT2D eigenvalue weighted by Gasteiger charge is -2.22. The molecular weight excluding hydrogens is 452 g/mol. The molecule has 0 aliphatic carbocycles. The number of rotatable bonds is 8. The van der Waals surface area contributed by atoms with E-state index in [1.807, 2.05) is 30.3 Å². The lowest BCUT2D eigenvalue weighted by Crippen LogP contribution is -2.19. The Labute approximate surface area is 192 Å². The van der Waals surface area contributed by atoms with Gasteiger partial charge in [0.2, 0.25) is 5.75 Å². The molecule has 1 N–H and O–H groups in total. The number of nitrogens with one attached hydrogen (secondary N) is 1. The van der Waals surface area contributed by atoms with Gasteiger partial charge in [0.15, 0.2) is 11.6 Å². The van der Waals surface area contributed by atoms with Gasteiger partial charge in [0.1, 0.15) is 19.0 Å². The Hall–Kier alpha value is -2.97. The van der Waals surface area contributed by atoms with E-state index in [1.165, 1.54) is 6.07 Å². The number of sulfonamides is 1. The largest absolute Gasteiger partial charge is 0.490 e. The van der Waals surface area contributed by atoms with Gasteiger partial charge in [0, 0.05) is 16.8 Å². The van der Waals surface area contributed by atoms with Gasteiger partial charge < -0.3 is 14.2 Å². The maximum Gasteiger partial charge on any atom is 0.263 e. The van der Waals surface area contributed by atoms with Crippen molar-refractivity contribution in [2.24, 2.45) is 0 Å². The number of halogens is 1. The number of para-hydroxylation sites is 1. The summed E-state index contributed by atoms with van der Waals surface area (Å²) >= 11 is 6.12. The van der Waals surface area contributed by atoms with Gasteiger partial charge in [-0.25, -0.2) is 13.4 Å². The second-order valence-corrected chi connectivity index (χ2v) is 9.28. The van der Waals surface area contributed by atoms with Crippen molar-refractivity contribution in [3.63, 3.8) is 0 Å². The minimum absolute atomic E-state index is 0.0599. The van der Waals surface area contributed by atoms with Crippen LogP contribution in [0.4, 0.5) is 5.82 Å². The Kier molecular flexibility index (Phi) is 6.72. The highest BCUT2D eigenvalue weighted by molar-refractivity contribution is 7.92. The van der Waals surface area contributed by atoms with Crippen LogP contribution >= 0.6 is 11.6 Å². The summed E-state index contributed by atoms with van der Waals surface area (Å²) in [6, 6.07) is 14.1. The van der Waals surface area contributed by atoms with Crippen LogP contribution in [-0.2, 0) is 16.4 Å². The molecule has 4 rings (SSSR count). The van der Waals surface area contributed by atoms with E-state index >= 15 is 0 Å². The zero-order valence-electron chi connectivity index (χ0n) is 17.5. The van der Waals surface area contributed by atoms with Crippen molar-refractivity contribution in [1.29, 1.82) is 0 Å². The van der Waals surface area contributed by atoms with Gasteiger partial charge in [-0.3, -0.25) is 4.72 Å². The van der Waals surface area contributed by atoms with E-state index < -0.39 is 10.0 Å². The molecule has 2 heterocycles. The Morgan fingerprint density at radius 2 is 1.88 bits per heavy atom. The third-order valence-electron chi connectivity index (χ3n) is 4.98. The first-order valence-corrected chi connectivity index (χ1v) is 12.0. The van der Waals surface area contributed by atoms with Gasteiger partial charge in [0.05, 0.1) is 11.5 Å². The molecule has 0 saturated carbocycles. The fraction of sp³-hybridized carbons (Fsp3) is 0.261. The van der Waals surface area contributed by atoms with Crippen molar-refractivity contribution in [2.45, 2.75) is 24.7 Å². The second-order valence-electron chi connectivity index (χ2n) is 7.22. The molecule has 0 amide bonds. The molecule has 0 fully saturated rings. The predicted molar refractivity (Wildman–Crippen MR) is 122 cm³/mol. The van der Waals surface area contributed by atoms with E-state index in [4.69, 9.17) is 25.8 Å². The monoisotopic (exact) mass is 474 g/mol. The van der Waals surface area contributed by atoms with Crippen LogP contribution < -0.4 is 18.9 Å². The van der Waals surface area contributed by atoms with Gasteiger partial charge >= 0.3 is 0 Å². The van der Waals surface area contributed by atoms with Crippen LogP contribution in [0.15, 0.2) is 59.6 Å². The predicted octanol–water partition coefficient (Wildman–Crippen LogP) is 4.63. The quantitative estimate of drug-likeness (QED) is 0.479. The SMILES string of the molecule is Cc1c(Cl)cccc1S(=O)(=O)Nc1ncc2c(c1OCCOc1ccccc1)OCCC2. The number of fused-ring (bicyclic) bond motifs is 1. The molecule has 7 nitrogen and oxygen atoms in total. The molecule has 0 spiro atoms. The van der Waals surface area contributed by atoms with Crippen LogP contribution in [-0.4, -0.2) is 33.2 Å². The summed E-state index contributed by atoms with van der Waals surface area (Å²) in [6.45, 7) is 2.63. The highest BCUT2D eigenvalue weighted by Gasteiger charge is 2.26. The van der Waals surface area contributed by atoms with E-state index in [2.05, 4.69) is 9.71 Å². The summed E-state index contributed by atoms with van der Waals surface area (Å²) < 4.78 is 46.1. The minimum atomic E-state index is -3.95. The summed E-state index contributed by atoms with van der Waals surface area (Å²) in [5, 5.41) is 0.365. The first-order valence-electron chi connectivity index (χ1n) is 10.2. The smallest absolute Gasteiger partial charge is 0.263 e. The Bertz CT molecular complexity index is 1200. The Morgan fingerprint density at radius 3 is 2.69 bits per heavy atom. The van der Waals surface area contributed by atoms with Gasteiger partial charge in [0.25, 0.3) is 10.0 Å². The van der Waals surface area contributed by atoms with E-state index in [-0.39, 0.29) is 29.7 Å². The van der Waals surface area contributed by atoms with Crippen LogP contribution in [0.5, 0.6) is 17.2 Å². The molecule has 1 aromatic heterocycles. The molecule has 0 saturated heterocycles. The van der Waals surface area contributed by atoms with E-state index in [9.17, 15) is 8.42 Å². The molecule has 1 aliphatic heterocycles. The molecule has 1 aliphatic rings. The van der Waals surface area contributed by atoms with Gasteiger partial charge in [-0.05, 0) is 49.6 Å². The molecule has 0 unspecified atom stereocenters. The number of hydrogen-bond donors (Lipinski definition) is 1. The third kappa shape index (κ3) is 4.92. The molecule has 32 heavy (non-hydrogen) atoms. The van der Waals surface area contributed by atoms with Crippen LogP contribution in [0.3, 0.4) is 0 Å².